The van der Waals surface area contributed by atoms with Crippen molar-refractivity contribution in [1.29, 1.82) is 0 Å². The largest absolute Gasteiger partial charge is 0.377 e. The lowest BCUT2D eigenvalue weighted by Crippen LogP contribution is -2.37. The molecule has 2 saturated carbocycles. The Morgan fingerprint density at radius 2 is 1.88 bits per heavy atom. The van der Waals surface area contributed by atoms with Gasteiger partial charge in [-0.3, -0.25) is 0 Å². The summed E-state index contributed by atoms with van der Waals surface area (Å²) in [6.45, 7) is 4.34. The van der Waals surface area contributed by atoms with Gasteiger partial charge in [-0.25, -0.2) is 0 Å². The average molecular weight is 225 g/mol. The van der Waals surface area contributed by atoms with Crippen molar-refractivity contribution in [2.75, 3.05) is 13.2 Å². The third-order valence-electron chi connectivity index (χ3n) is 3.91. The maximum atomic E-state index is 6.08. The molecule has 0 bridgehead atoms. The highest BCUT2D eigenvalue weighted by Crippen LogP contribution is 2.33. The van der Waals surface area contributed by atoms with Crippen LogP contribution in [-0.4, -0.2) is 25.3 Å². The summed E-state index contributed by atoms with van der Waals surface area (Å²) in [4.78, 5) is 0. The fraction of sp³-hybridized carbons (Fsp3) is 1.00. The number of rotatable bonds is 7. The van der Waals surface area contributed by atoms with Gasteiger partial charge >= 0.3 is 0 Å². The van der Waals surface area contributed by atoms with Gasteiger partial charge in [0.05, 0.1) is 12.7 Å². The van der Waals surface area contributed by atoms with Gasteiger partial charge < -0.3 is 10.1 Å². The van der Waals surface area contributed by atoms with Crippen LogP contribution < -0.4 is 5.32 Å². The zero-order valence-electron chi connectivity index (χ0n) is 10.7. The van der Waals surface area contributed by atoms with Crippen LogP contribution in [0.1, 0.15) is 58.3 Å². The first-order valence-electron chi connectivity index (χ1n) is 7.25. The molecule has 0 aromatic rings. The van der Waals surface area contributed by atoms with E-state index in [2.05, 4.69) is 12.2 Å². The quantitative estimate of drug-likeness (QED) is 0.719. The summed E-state index contributed by atoms with van der Waals surface area (Å²) >= 11 is 0. The summed E-state index contributed by atoms with van der Waals surface area (Å²) < 4.78 is 6.08. The first kappa shape index (κ1) is 12.4. The van der Waals surface area contributed by atoms with Crippen molar-refractivity contribution in [3.05, 3.63) is 0 Å². The molecule has 2 nitrogen and oxygen atoms in total. The van der Waals surface area contributed by atoms with Gasteiger partial charge in [-0.15, -0.1) is 0 Å². The third-order valence-corrected chi connectivity index (χ3v) is 3.91. The Morgan fingerprint density at radius 3 is 2.50 bits per heavy atom. The molecule has 0 aromatic heterocycles. The maximum Gasteiger partial charge on any atom is 0.0626 e. The van der Waals surface area contributed by atoms with Gasteiger partial charge in [0.25, 0.3) is 0 Å². The normalized spacial score (nSPS) is 24.6. The van der Waals surface area contributed by atoms with E-state index in [1.165, 1.54) is 51.4 Å². The second kappa shape index (κ2) is 6.61. The molecule has 1 N–H and O–H groups in total. The minimum absolute atomic E-state index is 0.568. The molecule has 16 heavy (non-hydrogen) atoms. The fourth-order valence-corrected chi connectivity index (χ4v) is 2.66. The summed E-state index contributed by atoms with van der Waals surface area (Å²) in [7, 11) is 0. The standard InChI is InChI=1S/C14H27NO/c1-2-10-15-14(12-8-9-12)11-16-13-6-4-3-5-7-13/h12-15H,2-11H2,1H3. The summed E-state index contributed by atoms with van der Waals surface area (Å²) in [6, 6.07) is 0.641. The Balaban J connectivity index is 1.64. The van der Waals surface area contributed by atoms with E-state index in [1.807, 2.05) is 0 Å². The predicted molar refractivity (Wildman–Crippen MR) is 67.6 cm³/mol. The highest BCUT2D eigenvalue weighted by Gasteiger charge is 2.31. The van der Waals surface area contributed by atoms with Crippen LogP contribution in [0.5, 0.6) is 0 Å². The van der Waals surface area contributed by atoms with Crippen molar-refractivity contribution < 1.29 is 4.74 Å². The number of hydrogen-bond acceptors (Lipinski definition) is 2. The van der Waals surface area contributed by atoms with Crippen LogP contribution in [0.2, 0.25) is 0 Å². The van der Waals surface area contributed by atoms with Crippen LogP contribution in [0.25, 0.3) is 0 Å². The van der Waals surface area contributed by atoms with Crippen LogP contribution >= 0.6 is 0 Å². The van der Waals surface area contributed by atoms with Crippen LogP contribution in [0, 0.1) is 5.92 Å². The van der Waals surface area contributed by atoms with E-state index in [9.17, 15) is 0 Å². The number of hydrogen-bond donors (Lipinski definition) is 1. The van der Waals surface area contributed by atoms with Crippen molar-refractivity contribution in [3.63, 3.8) is 0 Å². The Labute approximate surface area is 100 Å². The summed E-state index contributed by atoms with van der Waals surface area (Å²) in [5.74, 6) is 0.912. The highest BCUT2D eigenvalue weighted by atomic mass is 16.5. The van der Waals surface area contributed by atoms with Gasteiger partial charge in [-0.05, 0) is 44.6 Å². The molecule has 0 saturated heterocycles. The molecule has 0 aromatic carbocycles. The Morgan fingerprint density at radius 1 is 1.12 bits per heavy atom. The Bertz CT molecular complexity index is 185. The molecule has 2 heteroatoms. The zero-order chi connectivity index (χ0) is 11.2. The molecule has 1 unspecified atom stereocenters. The van der Waals surface area contributed by atoms with Crippen molar-refractivity contribution in [2.24, 2.45) is 5.92 Å². The lowest BCUT2D eigenvalue weighted by atomic mass is 9.98. The molecule has 0 heterocycles. The van der Waals surface area contributed by atoms with Crippen molar-refractivity contribution in [2.45, 2.75) is 70.4 Å². The summed E-state index contributed by atoms with van der Waals surface area (Å²) in [5.41, 5.74) is 0. The molecule has 2 aliphatic rings. The van der Waals surface area contributed by atoms with Crippen molar-refractivity contribution in [3.8, 4) is 0 Å². The summed E-state index contributed by atoms with van der Waals surface area (Å²) in [5, 5.41) is 3.65. The van der Waals surface area contributed by atoms with Crippen molar-refractivity contribution in [1.82, 2.24) is 5.32 Å². The number of nitrogens with one attached hydrogen (secondary N) is 1. The monoisotopic (exact) mass is 225 g/mol. The van der Waals surface area contributed by atoms with Crippen LogP contribution in [0.4, 0.5) is 0 Å². The van der Waals surface area contributed by atoms with E-state index >= 15 is 0 Å². The van der Waals surface area contributed by atoms with Gasteiger partial charge in [-0.2, -0.15) is 0 Å². The first-order chi connectivity index (χ1) is 7.90. The molecule has 0 spiro atoms. The smallest absolute Gasteiger partial charge is 0.0626 e. The van der Waals surface area contributed by atoms with E-state index in [-0.39, 0.29) is 0 Å². The van der Waals surface area contributed by atoms with E-state index < -0.39 is 0 Å². The van der Waals surface area contributed by atoms with Gasteiger partial charge in [-0.1, -0.05) is 26.2 Å². The van der Waals surface area contributed by atoms with Gasteiger partial charge in [0, 0.05) is 6.04 Å². The van der Waals surface area contributed by atoms with Crippen LogP contribution in [0.15, 0.2) is 0 Å². The molecule has 2 aliphatic carbocycles. The van der Waals surface area contributed by atoms with E-state index in [1.54, 1.807) is 0 Å². The average Bonchev–Trinajstić information content (AvgIpc) is 3.15. The number of ether oxygens (including phenoxy) is 1. The van der Waals surface area contributed by atoms with Crippen LogP contribution in [-0.2, 0) is 4.74 Å². The van der Waals surface area contributed by atoms with Crippen LogP contribution in [0.3, 0.4) is 0 Å². The SMILES string of the molecule is CCCNC(COC1CCCCC1)C1CC1. The molecular formula is C14H27NO. The maximum absolute atomic E-state index is 6.08. The molecule has 0 radical (unpaired) electrons. The highest BCUT2D eigenvalue weighted by molar-refractivity contribution is 4.86. The van der Waals surface area contributed by atoms with Gasteiger partial charge in [0.15, 0.2) is 0 Å². The van der Waals surface area contributed by atoms with Gasteiger partial charge in [0.1, 0.15) is 0 Å². The summed E-state index contributed by atoms with van der Waals surface area (Å²) in [6.07, 6.45) is 11.4. The molecule has 2 rings (SSSR count). The first-order valence-corrected chi connectivity index (χ1v) is 7.25. The molecule has 94 valence electrons. The molecule has 1 atom stereocenters. The molecular weight excluding hydrogens is 198 g/mol. The molecule has 0 aliphatic heterocycles. The third kappa shape index (κ3) is 4.06. The Kier molecular flexibility index (Phi) is 5.11. The predicted octanol–water partition coefficient (Wildman–Crippen LogP) is 3.11. The topological polar surface area (TPSA) is 21.3 Å². The zero-order valence-corrected chi connectivity index (χ0v) is 10.7. The molecule has 2 fully saturated rings. The Hall–Kier alpha value is -0.0800. The van der Waals surface area contributed by atoms with E-state index in [4.69, 9.17) is 4.74 Å². The minimum atomic E-state index is 0.568. The second-order valence-corrected chi connectivity index (χ2v) is 5.49. The van der Waals surface area contributed by atoms with E-state index in [0.29, 0.717) is 12.1 Å². The fourth-order valence-electron chi connectivity index (χ4n) is 2.66. The minimum Gasteiger partial charge on any atom is -0.377 e. The van der Waals surface area contributed by atoms with Crippen molar-refractivity contribution >= 4 is 0 Å². The second-order valence-electron chi connectivity index (χ2n) is 5.49. The van der Waals surface area contributed by atoms with E-state index in [0.717, 1.165) is 19.1 Å². The lowest BCUT2D eigenvalue weighted by Gasteiger charge is -2.25. The lowest BCUT2D eigenvalue weighted by molar-refractivity contribution is 0.0128. The van der Waals surface area contributed by atoms with Gasteiger partial charge in [0.2, 0.25) is 0 Å². The molecule has 0 amide bonds.